The molecule has 146 valence electrons. The number of piperidine rings is 1. The molecule has 7 heteroatoms. The first-order chi connectivity index (χ1) is 12.4. The van der Waals surface area contributed by atoms with E-state index in [9.17, 15) is 9.90 Å². The van der Waals surface area contributed by atoms with E-state index in [0.29, 0.717) is 32.5 Å². The van der Waals surface area contributed by atoms with E-state index in [2.05, 4.69) is 28.9 Å². The van der Waals surface area contributed by atoms with Crippen molar-refractivity contribution in [2.45, 2.75) is 45.1 Å². The Morgan fingerprint density at radius 3 is 2.77 bits per heavy atom. The van der Waals surface area contributed by atoms with E-state index in [-0.39, 0.29) is 11.3 Å². The van der Waals surface area contributed by atoms with Crippen molar-refractivity contribution in [2.24, 2.45) is 5.41 Å². The molecule has 3 heterocycles. The molecule has 7 nitrogen and oxygen atoms in total. The van der Waals surface area contributed by atoms with E-state index in [4.69, 9.17) is 4.74 Å². The van der Waals surface area contributed by atoms with Gasteiger partial charge < -0.3 is 14.7 Å². The molecule has 2 aliphatic rings. The van der Waals surface area contributed by atoms with E-state index in [1.807, 2.05) is 11.1 Å². The maximum atomic E-state index is 12.6. The predicted molar refractivity (Wildman–Crippen MR) is 98.7 cm³/mol. The lowest BCUT2D eigenvalue weighted by molar-refractivity contribution is -0.157. The van der Waals surface area contributed by atoms with Crippen molar-refractivity contribution >= 4 is 5.91 Å². The quantitative estimate of drug-likeness (QED) is 0.789. The maximum Gasteiger partial charge on any atom is 0.222 e. The summed E-state index contributed by atoms with van der Waals surface area (Å²) in [4.78, 5) is 16.8. The number of H-pyrrole nitrogens is 1. The van der Waals surface area contributed by atoms with Gasteiger partial charge in [-0.1, -0.05) is 13.8 Å². The minimum absolute atomic E-state index is 0.190. The van der Waals surface area contributed by atoms with Crippen molar-refractivity contribution in [3.8, 4) is 0 Å². The first kappa shape index (κ1) is 19.3. The molecular weight excluding hydrogens is 332 g/mol. The number of hydrogen-bond donors (Lipinski definition) is 2. The number of nitrogens with zero attached hydrogens (tertiary/aromatic N) is 3. The van der Waals surface area contributed by atoms with Crippen LogP contribution in [0.25, 0.3) is 0 Å². The van der Waals surface area contributed by atoms with E-state index < -0.39 is 5.60 Å². The highest BCUT2D eigenvalue weighted by Crippen LogP contribution is 2.39. The van der Waals surface area contributed by atoms with E-state index in [1.165, 1.54) is 0 Å². The highest BCUT2D eigenvalue weighted by molar-refractivity contribution is 5.76. The number of carbonyl (C=O) groups excluding carboxylic acids is 1. The van der Waals surface area contributed by atoms with Crippen molar-refractivity contribution < 1.29 is 14.6 Å². The van der Waals surface area contributed by atoms with Crippen molar-refractivity contribution in [3.63, 3.8) is 0 Å². The van der Waals surface area contributed by atoms with Crippen molar-refractivity contribution in [1.29, 1.82) is 0 Å². The molecule has 0 radical (unpaired) electrons. The summed E-state index contributed by atoms with van der Waals surface area (Å²) in [5.74, 6) is 0.190. The van der Waals surface area contributed by atoms with Crippen LogP contribution in [-0.4, -0.2) is 82.5 Å². The van der Waals surface area contributed by atoms with Gasteiger partial charge in [0.15, 0.2) is 0 Å². The molecular formula is C19H32N4O3. The number of hydrogen-bond acceptors (Lipinski definition) is 5. The van der Waals surface area contributed by atoms with Crippen LogP contribution in [0.5, 0.6) is 0 Å². The molecule has 1 atom stereocenters. The second-order valence-corrected chi connectivity index (χ2v) is 8.33. The zero-order valence-electron chi connectivity index (χ0n) is 16.0. The van der Waals surface area contributed by atoms with Crippen LogP contribution >= 0.6 is 0 Å². The largest absolute Gasteiger partial charge is 0.388 e. The molecule has 3 rings (SSSR count). The third kappa shape index (κ3) is 4.45. The summed E-state index contributed by atoms with van der Waals surface area (Å²) in [6.07, 6.45) is 6.54. The Hall–Kier alpha value is -1.44. The number of aromatic nitrogens is 2. The van der Waals surface area contributed by atoms with Crippen LogP contribution in [0.3, 0.4) is 0 Å². The number of aryl methyl sites for hydroxylation is 1. The minimum Gasteiger partial charge on any atom is -0.388 e. The average Bonchev–Trinajstić information content (AvgIpc) is 3.11. The van der Waals surface area contributed by atoms with Gasteiger partial charge in [0.2, 0.25) is 5.91 Å². The molecule has 0 saturated carbocycles. The fourth-order valence-electron chi connectivity index (χ4n) is 4.01. The number of aromatic amines is 1. The van der Waals surface area contributed by atoms with Crippen molar-refractivity contribution in [1.82, 2.24) is 20.0 Å². The summed E-state index contributed by atoms with van der Waals surface area (Å²) in [7, 11) is 0. The Kier molecular flexibility index (Phi) is 5.99. The summed E-state index contributed by atoms with van der Waals surface area (Å²) in [6.45, 7) is 9.27. The molecule has 0 aliphatic carbocycles. The van der Waals surface area contributed by atoms with Crippen molar-refractivity contribution in [2.75, 3.05) is 45.9 Å². The van der Waals surface area contributed by atoms with E-state index in [0.717, 1.165) is 44.7 Å². The lowest BCUT2D eigenvalue weighted by Crippen LogP contribution is -2.63. The first-order valence-corrected chi connectivity index (χ1v) is 9.68. The third-order valence-electron chi connectivity index (χ3n) is 5.99. The predicted octanol–water partition coefficient (Wildman–Crippen LogP) is 1.05. The highest BCUT2D eigenvalue weighted by atomic mass is 16.5. The number of amides is 1. The molecule has 0 bridgehead atoms. The lowest BCUT2D eigenvalue weighted by atomic mass is 9.69. The second-order valence-electron chi connectivity index (χ2n) is 8.33. The van der Waals surface area contributed by atoms with Gasteiger partial charge in [0, 0.05) is 50.8 Å². The smallest absolute Gasteiger partial charge is 0.222 e. The van der Waals surface area contributed by atoms with Crippen LogP contribution in [0.15, 0.2) is 12.4 Å². The molecule has 0 unspecified atom stereocenters. The molecule has 2 N–H and O–H groups in total. The molecule has 2 fully saturated rings. The Morgan fingerprint density at radius 2 is 2.12 bits per heavy atom. The van der Waals surface area contributed by atoms with Gasteiger partial charge in [0.1, 0.15) is 0 Å². The van der Waals surface area contributed by atoms with Crippen LogP contribution in [-0.2, 0) is 16.0 Å². The van der Waals surface area contributed by atoms with Crippen LogP contribution in [0.1, 0.15) is 38.7 Å². The van der Waals surface area contributed by atoms with E-state index >= 15 is 0 Å². The van der Waals surface area contributed by atoms with Gasteiger partial charge in [0.05, 0.1) is 25.0 Å². The average molecular weight is 364 g/mol. The molecule has 26 heavy (non-hydrogen) atoms. The van der Waals surface area contributed by atoms with Crippen LogP contribution in [0.4, 0.5) is 0 Å². The number of carbonyl (C=O) groups is 1. The number of ether oxygens (including phenoxy) is 1. The summed E-state index contributed by atoms with van der Waals surface area (Å²) in [6, 6.07) is 0. The standard InChI is InChI=1S/C19H32N4O3/c1-18(2)14-23(17(24)5-3-4-16-12-20-21-13-16)7-6-19(18,25)15-22-8-10-26-11-9-22/h12-13,25H,3-11,14-15H2,1-2H3,(H,20,21)/t19-/m0/s1. The molecule has 1 amide bonds. The fourth-order valence-corrected chi connectivity index (χ4v) is 4.01. The van der Waals surface area contributed by atoms with Gasteiger partial charge in [0.25, 0.3) is 0 Å². The minimum atomic E-state index is -0.766. The van der Waals surface area contributed by atoms with Gasteiger partial charge in [-0.25, -0.2) is 0 Å². The zero-order valence-corrected chi connectivity index (χ0v) is 16.0. The van der Waals surface area contributed by atoms with Crippen molar-refractivity contribution in [3.05, 3.63) is 18.0 Å². The normalized spacial score (nSPS) is 26.8. The topological polar surface area (TPSA) is 81.7 Å². The molecule has 1 aromatic heterocycles. The Balaban J connectivity index is 1.50. The summed E-state index contributed by atoms with van der Waals surface area (Å²) < 4.78 is 5.40. The fraction of sp³-hybridized carbons (Fsp3) is 0.789. The SMILES string of the molecule is CC1(C)CN(C(=O)CCCc2cn[nH]c2)CC[C@]1(O)CN1CCOCC1. The van der Waals surface area contributed by atoms with Gasteiger partial charge in [-0.3, -0.25) is 14.8 Å². The third-order valence-corrected chi connectivity index (χ3v) is 5.99. The number of nitrogens with one attached hydrogen (secondary N) is 1. The van der Waals surface area contributed by atoms with E-state index in [1.54, 1.807) is 6.20 Å². The van der Waals surface area contributed by atoms with Gasteiger partial charge in [-0.15, -0.1) is 0 Å². The zero-order chi connectivity index (χ0) is 18.6. The molecule has 0 aromatic carbocycles. The maximum absolute atomic E-state index is 12.6. The number of morpholine rings is 1. The van der Waals surface area contributed by atoms with Crippen LogP contribution in [0, 0.1) is 5.41 Å². The number of rotatable bonds is 6. The molecule has 1 aromatic rings. The summed E-state index contributed by atoms with van der Waals surface area (Å²) in [5.41, 5.74) is 0.0402. The first-order valence-electron chi connectivity index (χ1n) is 9.68. The molecule has 2 aliphatic heterocycles. The number of likely N-dealkylation sites (tertiary alicyclic amines) is 1. The van der Waals surface area contributed by atoms with Gasteiger partial charge >= 0.3 is 0 Å². The highest BCUT2D eigenvalue weighted by Gasteiger charge is 2.49. The Labute approximate surface area is 155 Å². The molecule has 2 saturated heterocycles. The summed E-state index contributed by atoms with van der Waals surface area (Å²) >= 11 is 0. The Morgan fingerprint density at radius 1 is 1.35 bits per heavy atom. The number of β-amino-alcohol motifs (C(OH)–C–C–N with tert-alkyl or cyclic N) is 1. The number of aliphatic hydroxyl groups is 1. The lowest BCUT2D eigenvalue weighted by Gasteiger charge is -2.52. The van der Waals surface area contributed by atoms with Crippen LogP contribution < -0.4 is 0 Å². The van der Waals surface area contributed by atoms with Gasteiger partial charge in [-0.2, -0.15) is 5.10 Å². The Bertz CT molecular complexity index is 584. The molecule has 0 spiro atoms. The monoisotopic (exact) mass is 364 g/mol. The van der Waals surface area contributed by atoms with Gasteiger partial charge in [-0.05, 0) is 24.8 Å². The summed E-state index contributed by atoms with van der Waals surface area (Å²) in [5, 5.41) is 18.1. The van der Waals surface area contributed by atoms with Crippen LogP contribution in [0.2, 0.25) is 0 Å². The second kappa shape index (κ2) is 8.06.